The molecule has 0 aromatic heterocycles. The predicted octanol–water partition coefficient (Wildman–Crippen LogP) is 6.12. The first-order valence-electron chi connectivity index (χ1n) is 11.6. The predicted molar refractivity (Wildman–Crippen MR) is 118 cm³/mol. The molecule has 3 unspecified atom stereocenters. The summed E-state index contributed by atoms with van der Waals surface area (Å²) in [5.41, 5.74) is 2.80. The molecule has 3 heteroatoms. The Kier molecular flexibility index (Phi) is 5.38. The van der Waals surface area contributed by atoms with Gasteiger partial charge in [-0.1, -0.05) is 39.0 Å². The number of allylic oxidation sites excluding steroid dienone is 5. The van der Waals surface area contributed by atoms with Crippen molar-refractivity contribution in [2.45, 2.75) is 66.2 Å². The van der Waals surface area contributed by atoms with Crippen LogP contribution in [0.3, 0.4) is 0 Å². The number of nitrogens with one attached hydrogen (secondary N) is 1. The molecule has 29 heavy (non-hydrogen) atoms. The molecule has 0 saturated heterocycles. The van der Waals surface area contributed by atoms with Gasteiger partial charge in [0.1, 0.15) is 0 Å². The van der Waals surface area contributed by atoms with Gasteiger partial charge in [0.25, 0.3) is 0 Å². The molecule has 0 aliphatic heterocycles. The first kappa shape index (κ1) is 20.6. The van der Waals surface area contributed by atoms with E-state index in [1.807, 2.05) is 6.92 Å². The van der Waals surface area contributed by atoms with Crippen LogP contribution in [0.15, 0.2) is 36.0 Å². The third kappa shape index (κ3) is 3.35. The first-order valence-corrected chi connectivity index (χ1v) is 11.6. The second-order valence-corrected chi connectivity index (χ2v) is 10.4. The molecule has 0 amide bonds. The fraction of sp³-hybridized carbons (Fsp3) is 0.692. The Morgan fingerprint density at radius 3 is 2.83 bits per heavy atom. The van der Waals surface area contributed by atoms with Gasteiger partial charge >= 0.3 is 5.97 Å². The van der Waals surface area contributed by atoms with E-state index in [1.165, 1.54) is 31.3 Å². The summed E-state index contributed by atoms with van der Waals surface area (Å²) in [6, 6.07) is 0. The minimum atomic E-state index is -0.215. The summed E-state index contributed by atoms with van der Waals surface area (Å²) in [5, 5.41) is 8.10. The lowest BCUT2D eigenvalue weighted by molar-refractivity contribution is -0.137. The largest absolute Gasteiger partial charge is 0.463 e. The lowest BCUT2D eigenvalue weighted by Gasteiger charge is -2.56. The highest BCUT2D eigenvalue weighted by atomic mass is 16.5. The normalized spacial score (nSPS) is 42.1. The summed E-state index contributed by atoms with van der Waals surface area (Å²) in [6.45, 7) is 9.56. The minimum absolute atomic E-state index is 0.215. The number of rotatable bonds is 4. The van der Waals surface area contributed by atoms with Gasteiger partial charge in [0, 0.05) is 11.8 Å². The summed E-state index contributed by atoms with van der Waals surface area (Å²) in [6.07, 6.45) is 17.9. The molecular formula is C26H37NO2. The Hall–Kier alpha value is -1.64. The molecule has 158 valence electrons. The van der Waals surface area contributed by atoms with Crippen molar-refractivity contribution >= 4 is 11.7 Å². The third-order valence-electron chi connectivity index (χ3n) is 9.08. The smallest absolute Gasteiger partial charge is 0.330 e. The van der Waals surface area contributed by atoms with Crippen LogP contribution in [0.1, 0.15) is 66.2 Å². The summed E-state index contributed by atoms with van der Waals surface area (Å²) < 4.78 is 5.07. The fourth-order valence-corrected chi connectivity index (χ4v) is 7.48. The van der Waals surface area contributed by atoms with Crippen LogP contribution in [-0.4, -0.2) is 18.3 Å². The molecule has 0 spiro atoms. The van der Waals surface area contributed by atoms with E-state index in [1.54, 1.807) is 6.08 Å². The summed E-state index contributed by atoms with van der Waals surface area (Å²) >= 11 is 0. The molecule has 0 aromatic rings. The second kappa shape index (κ2) is 7.56. The molecule has 1 N–H and O–H groups in total. The van der Waals surface area contributed by atoms with Crippen LogP contribution in [0.5, 0.6) is 0 Å². The Labute approximate surface area is 176 Å². The fourth-order valence-electron chi connectivity index (χ4n) is 7.48. The SMILES string of the molecule is CCOC(=O)/C=C/[C@@H](C)[C@H]1CCC2C3C=CC4=CC(=N)CC[C@]4(C)C3CC[C@@]21C. The van der Waals surface area contributed by atoms with E-state index in [2.05, 4.69) is 45.1 Å². The Morgan fingerprint density at radius 2 is 2.07 bits per heavy atom. The maximum Gasteiger partial charge on any atom is 0.330 e. The molecular weight excluding hydrogens is 358 g/mol. The van der Waals surface area contributed by atoms with Gasteiger partial charge in [-0.2, -0.15) is 0 Å². The number of hydrogen-bond acceptors (Lipinski definition) is 3. The maximum atomic E-state index is 11.8. The number of ether oxygens (including phenoxy) is 1. The Bertz CT molecular complexity index is 778. The molecule has 0 aromatic carbocycles. The van der Waals surface area contributed by atoms with Gasteiger partial charge in [0.15, 0.2) is 0 Å². The van der Waals surface area contributed by atoms with Crippen molar-refractivity contribution in [1.29, 1.82) is 5.41 Å². The average Bonchev–Trinajstić information content (AvgIpc) is 3.04. The van der Waals surface area contributed by atoms with E-state index in [4.69, 9.17) is 10.1 Å². The summed E-state index contributed by atoms with van der Waals surface area (Å²) in [7, 11) is 0. The molecule has 7 atom stereocenters. The average molecular weight is 396 g/mol. The zero-order valence-electron chi connectivity index (χ0n) is 18.5. The molecule has 2 fully saturated rings. The highest BCUT2D eigenvalue weighted by molar-refractivity contribution is 5.94. The van der Waals surface area contributed by atoms with E-state index in [-0.39, 0.29) is 11.4 Å². The maximum absolute atomic E-state index is 11.8. The van der Waals surface area contributed by atoms with E-state index in [0.717, 1.165) is 24.5 Å². The van der Waals surface area contributed by atoms with Gasteiger partial charge in [0.2, 0.25) is 0 Å². The van der Waals surface area contributed by atoms with Gasteiger partial charge in [-0.25, -0.2) is 4.79 Å². The lowest BCUT2D eigenvalue weighted by Crippen LogP contribution is -2.49. The van der Waals surface area contributed by atoms with Gasteiger partial charge in [0.05, 0.1) is 6.61 Å². The van der Waals surface area contributed by atoms with Gasteiger partial charge in [-0.05, 0) is 97.5 Å². The van der Waals surface area contributed by atoms with Crippen molar-refractivity contribution in [3.05, 3.63) is 36.0 Å². The molecule has 2 saturated carbocycles. The monoisotopic (exact) mass is 395 g/mol. The highest BCUT2D eigenvalue weighted by Gasteiger charge is 2.58. The van der Waals surface area contributed by atoms with E-state index in [0.29, 0.717) is 35.7 Å². The van der Waals surface area contributed by atoms with Crippen molar-refractivity contribution in [3.8, 4) is 0 Å². The van der Waals surface area contributed by atoms with Crippen molar-refractivity contribution < 1.29 is 9.53 Å². The van der Waals surface area contributed by atoms with E-state index < -0.39 is 0 Å². The zero-order valence-corrected chi connectivity index (χ0v) is 18.5. The third-order valence-corrected chi connectivity index (χ3v) is 9.08. The number of carbonyl (C=O) groups excluding carboxylic acids is 1. The molecule has 3 nitrogen and oxygen atoms in total. The lowest BCUT2D eigenvalue weighted by atomic mass is 9.48. The van der Waals surface area contributed by atoms with Gasteiger partial charge in [-0.3, -0.25) is 0 Å². The number of fused-ring (bicyclic) bond motifs is 5. The highest BCUT2D eigenvalue weighted by Crippen LogP contribution is 2.66. The minimum Gasteiger partial charge on any atom is -0.463 e. The topological polar surface area (TPSA) is 50.2 Å². The van der Waals surface area contributed by atoms with Crippen LogP contribution in [0.2, 0.25) is 0 Å². The first-order chi connectivity index (χ1) is 13.8. The summed E-state index contributed by atoms with van der Waals surface area (Å²) in [5.74, 6) is 2.94. The van der Waals surface area contributed by atoms with Gasteiger partial charge in [-0.15, -0.1) is 0 Å². The molecule has 4 rings (SSSR count). The molecule has 0 radical (unpaired) electrons. The summed E-state index contributed by atoms with van der Waals surface area (Å²) in [4.78, 5) is 11.8. The number of carbonyl (C=O) groups is 1. The van der Waals surface area contributed by atoms with Crippen LogP contribution >= 0.6 is 0 Å². The Morgan fingerprint density at radius 1 is 1.28 bits per heavy atom. The van der Waals surface area contributed by atoms with Crippen LogP contribution in [-0.2, 0) is 9.53 Å². The van der Waals surface area contributed by atoms with Crippen molar-refractivity contribution in [2.75, 3.05) is 6.61 Å². The Balaban J connectivity index is 1.56. The molecule has 4 aliphatic carbocycles. The van der Waals surface area contributed by atoms with Crippen molar-refractivity contribution in [3.63, 3.8) is 0 Å². The van der Waals surface area contributed by atoms with Crippen LogP contribution < -0.4 is 0 Å². The number of hydrogen-bond donors (Lipinski definition) is 1. The molecule has 0 bridgehead atoms. The van der Waals surface area contributed by atoms with Crippen LogP contribution in [0, 0.1) is 45.8 Å². The zero-order chi connectivity index (χ0) is 20.8. The molecule has 0 heterocycles. The number of esters is 1. The van der Waals surface area contributed by atoms with E-state index >= 15 is 0 Å². The standard InChI is InChI=1S/C26H37NO2/c1-5-29-24(28)11-6-17(2)21-9-10-22-20-8-7-18-16-19(27)12-14-25(18,3)23(20)13-15-26(21,22)4/h6-8,11,16-17,20-23,27H,5,9-10,12-15H2,1-4H3/b11-6+,27-19?/t17-,20?,21-,22?,23?,25+,26-/m1/s1. The van der Waals surface area contributed by atoms with Crippen molar-refractivity contribution in [1.82, 2.24) is 0 Å². The van der Waals surface area contributed by atoms with Gasteiger partial charge < -0.3 is 10.1 Å². The van der Waals surface area contributed by atoms with E-state index in [9.17, 15) is 4.79 Å². The van der Waals surface area contributed by atoms with Crippen molar-refractivity contribution in [2.24, 2.45) is 40.4 Å². The quantitative estimate of drug-likeness (QED) is 0.461. The van der Waals surface area contributed by atoms with Crippen LogP contribution in [0.25, 0.3) is 0 Å². The second-order valence-electron chi connectivity index (χ2n) is 10.4. The molecule has 4 aliphatic rings. The van der Waals surface area contributed by atoms with Crippen LogP contribution in [0.4, 0.5) is 0 Å².